The van der Waals surface area contributed by atoms with E-state index in [0.717, 1.165) is 4.90 Å². The summed E-state index contributed by atoms with van der Waals surface area (Å²) >= 11 is 3.85. The highest BCUT2D eigenvalue weighted by Crippen LogP contribution is 2.42. The number of hydrogen-bond acceptors (Lipinski definition) is 3. The van der Waals surface area contributed by atoms with E-state index in [2.05, 4.69) is 116 Å². The van der Waals surface area contributed by atoms with Crippen molar-refractivity contribution in [2.75, 3.05) is 0 Å². The minimum atomic E-state index is -6.09. The fourth-order valence-corrected chi connectivity index (χ4v) is 3.62. The summed E-state index contributed by atoms with van der Waals surface area (Å²) in [6, 6.07) is 36.1. The van der Waals surface area contributed by atoms with Gasteiger partial charge in [-0.15, -0.1) is 0 Å². The predicted octanol–water partition coefficient (Wildman–Crippen LogP) is 6.11. The molecule has 8 heteroatoms. The van der Waals surface area contributed by atoms with Crippen molar-refractivity contribution in [1.82, 2.24) is 0 Å². The highest BCUT2D eigenvalue weighted by Gasteiger charge is 2.36. The quantitative estimate of drug-likeness (QED) is 0.199. The number of benzene rings is 4. The molecule has 0 radical (unpaired) electrons. The van der Waals surface area contributed by atoms with Gasteiger partial charge in [-0.2, -0.15) is 13.2 Å². The first-order valence-electron chi connectivity index (χ1n) is 9.66. The molecule has 0 atom stereocenters. The molecule has 170 valence electrons. The average molecular weight is 489 g/mol. The van der Waals surface area contributed by atoms with Gasteiger partial charge in [-0.05, 0) is 47.0 Å². The number of halogens is 3. The van der Waals surface area contributed by atoms with E-state index in [1.165, 1.54) is 33.4 Å². The molecule has 0 saturated heterocycles. The molecular weight excluding hydrogens is 469 g/mol. The van der Waals surface area contributed by atoms with Gasteiger partial charge in [0.05, 0.1) is 0 Å². The zero-order valence-corrected chi connectivity index (χ0v) is 18.9. The highest BCUT2D eigenvalue weighted by molar-refractivity contribution is 7.86. The van der Waals surface area contributed by atoms with Crippen LogP contribution in [0.25, 0.3) is 33.4 Å². The van der Waals surface area contributed by atoms with Crippen molar-refractivity contribution in [3.05, 3.63) is 103 Å². The molecule has 0 unspecified atom stereocenters. The van der Waals surface area contributed by atoms with Gasteiger partial charge in [0.25, 0.3) is 0 Å². The van der Waals surface area contributed by atoms with Crippen molar-refractivity contribution in [3.8, 4) is 33.4 Å². The predicted molar refractivity (Wildman–Crippen MR) is 127 cm³/mol. The lowest BCUT2D eigenvalue weighted by Crippen LogP contribution is -2.21. The molecule has 0 fully saturated rings. The van der Waals surface area contributed by atoms with Crippen LogP contribution in [0.3, 0.4) is 0 Å². The van der Waals surface area contributed by atoms with Gasteiger partial charge in [0, 0.05) is 11.1 Å². The van der Waals surface area contributed by atoms with E-state index in [-0.39, 0.29) is 0 Å². The Hall–Kier alpha value is -3.07. The normalized spacial score (nSPS) is 11.4. The van der Waals surface area contributed by atoms with Crippen LogP contribution in [0.5, 0.6) is 0 Å². The summed E-state index contributed by atoms with van der Waals surface area (Å²) in [5.41, 5.74) is 1.74. The number of alkyl halides is 3. The van der Waals surface area contributed by atoms with Gasteiger partial charge in [-0.3, -0.25) is 0 Å². The Morgan fingerprint density at radius 1 is 0.606 bits per heavy atom. The molecule has 4 rings (SSSR count). The Balaban J connectivity index is 0.000000331. The summed E-state index contributed by atoms with van der Waals surface area (Å²) in [7, 11) is -6.09. The maximum atomic E-state index is 10.7. The third kappa shape index (κ3) is 6.04. The third-order valence-electron chi connectivity index (χ3n) is 4.70. The molecule has 4 aromatic rings. The second-order valence-electron chi connectivity index (χ2n) is 6.91. The van der Waals surface area contributed by atoms with Crippen LogP contribution in [0.4, 0.5) is 13.2 Å². The standard InChI is InChI=1S/C24H18S.CHF3O3S/c25-22-17-16-21(18-10-4-1-5-11-18)23(19-12-6-2-7-13-19)24(22)20-14-8-3-9-15-20;2-1(3,4)8(5,6)7/h1-17,25H;(H,5,6,7). The molecule has 0 amide bonds. The number of rotatable bonds is 3. The SMILES string of the molecule is O=S(=O)([O-])C(F)(F)F.[SH2+]c1ccc(-c2ccccc2)c(-c2ccccc2)c1-c1ccccc1. The van der Waals surface area contributed by atoms with Crippen molar-refractivity contribution in [1.29, 1.82) is 0 Å². The minimum absolute atomic E-state index is 1.10. The first-order valence-corrected chi connectivity index (χ1v) is 11.6. The van der Waals surface area contributed by atoms with Crippen LogP contribution >= 0.6 is 0 Å². The molecule has 0 spiro atoms. The van der Waals surface area contributed by atoms with Gasteiger partial charge in [-0.25, -0.2) is 8.42 Å². The van der Waals surface area contributed by atoms with Gasteiger partial charge < -0.3 is 4.55 Å². The van der Waals surface area contributed by atoms with Crippen LogP contribution in [-0.2, 0) is 22.7 Å². The topological polar surface area (TPSA) is 57.2 Å². The molecule has 0 saturated carbocycles. The Morgan fingerprint density at radius 2 is 0.970 bits per heavy atom. The first kappa shape index (κ1) is 24.6. The molecule has 0 aromatic heterocycles. The van der Waals surface area contributed by atoms with Crippen molar-refractivity contribution in [2.45, 2.75) is 10.4 Å². The van der Waals surface area contributed by atoms with Crippen LogP contribution in [0.15, 0.2) is 108 Å². The molecule has 33 heavy (non-hydrogen) atoms. The Bertz CT molecular complexity index is 1310. The summed E-state index contributed by atoms with van der Waals surface area (Å²) < 4.78 is 58.9. The number of hydrogen-bond donors (Lipinski definition) is 0. The third-order valence-corrected chi connectivity index (χ3v) is 5.68. The smallest absolute Gasteiger partial charge is 0.485 e. The summed E-state index contributed by atoms with van der Waals surface area (Å²) in [6.07, 6.45) is 0. The fraction of sp³-hybridized carbons (Fsp3) is 0.0400. The van der Waals surface area contributed by atoms with Crippen LogP contribution in [0.1, 0.15) is 0 Å². The first-order chi connectivity index (χ1) is 15.6. The van der Waals surface area contributed by atoms with Gasteiger partial charge in [-0.1, -0.05) is 91.0 Å². The van der Waals surface area contributed by atoms with Crippen LogP contribution < -0.4 is 0 Å². The molecule has 0 aliphatic rings. The van der Waals surface area contributed by atoms with E-state index in [4.69, 9.17) is 13.0 Å². The minimum Gasteiger partial charge on any atom is -0.741 e. The summed E-state index contributed by atoms with van der Waals surface area (Å²) in [5.74, 6) is 0. The maximum Gasteiger partial charge on any atom is 0.485 e. The lowest BCUT2D eigenvalue weighted by Gasteiger charge is -2.16. The maximum absolute atomic E-state index is 10.7. The zero-order valence-electron chi connectivity index (χ0n) is 17.1. The zero-order chi connectivity index (χ0) is 24.1. The van der Waals surface area contributed by atoms with Crippen molar-refractivity contribution >= 4 is 22.7 Å². The van der Waals surface area contributed by atoms with Crippen LogP contribution in [0.2, 0.25) is 0 Å². The summed E-state index contributed by atoms with van der Waals surface area (Å²) in [4.78, 5) is 1.10. The molecule has 0 aliphatic carbocycles. The van der Waals surface area contributed by atoms with E-state index in [1.54, 1.807) is 0 Å². The summed E-state index contributed by atoms with van der Waals surface area (Å²) in [6.45, 7) is 0. The van der Waals surface area contributed by atoms with Crippen molar-refractivity contribution in [3.63, 3.8) is 0 Å². The van der Waals surface area contributed by atoms with Gasteiger partial charge in [0.2, 0.25) is 0 Å². The molecular formula is C25H19F3O3S2. The van der Waals surface area contributed by atoms with Gasteiger partial charge >= 0.3 is 5.51 Å². The lowest BCUT2D eigenvalue weighted by atomic mass is 9.87. The van der Waals surface area contributed by atoms with E-state index in [9.17, 15) is 13.2 Å². The van der Waals surface area contributed by atoms with E-state index in [1.807, 2.05) is 0 Å². The highest BCUT2D eigenvalue weighted by atomic mass is 32.2. The monoisotopic (exact) mass is 488 g/mol. The van der Waals surface area contributed by atoms with E-state index >= 15 is 0 Å². The van der Waals surface area contributed by atoms with E-state index < -0.39 is 15.6 Å². The van der Waals surface area contributed by atoms with Gasteiger partial charge in [0.1, 0.15) is 0 Å². The Labute approximate surface area is 195 Å². The lowest BCUT2D eigenvalue weighted by molar-refractivity contribution is -0.0517. The molecule has 0 aliphatic heterocycles. The molecule has 0 bridgehead atoms. The Morgan fingerprint density at radius 3 is 1.36 bits per heavy atom. The largest absolute Gasteiger partial charge is 0.741 e. The molecule has 3 nitrogen and oxygen atoms in total. The van der Waals surface area contributed by atoms with Crippen molar-refractivity contribution in [2.24, 2.45) is 0 Å². The molecule has 0 N–H and O–H groups in total. The molecule has 4 aromatic carbocycles. The average Bonchev–Trinajstić information content (AvgIpc) is 2.80. The van der Waals surface area contributed by atoms with Crippen LogP contribution in [0, 0.1) is 0 Å². The Kier molecular flexibility index (Phi) is 7.63. The molecule has 0 heterocycles. The van der Waals surface area contributed by atoms with Crippen molar-refractivity contribution < 1.29 is 26.1 Å². The van der Waals surface area contributed by atoms with E-state index in [0.29, 0.717) is 0 Å². The van der Waals surface area contributed by atoms with Crippen LogP contribution in [-0.4, -0.2) is 18.5 Å². The van der Waals surface area contributed by atoms with Gasteiger partial charge in [0.15, 0.2) is 15.0 Å². The second kappa shape index (κ2) is 10.2. The second-order valence-corrected chi connectivity index (χ2v) is 8.82. The summed E-state index contributed by atoms with van der Waals surface area (Å²) in [5, 5.41) is 0. The fourth-order valence-electron chi connectivity index (χ4n) is 3.27.